The number of aromatic nitrogens is 1. The minimum Gasteiger partial charge on any atom is -0.489 e. The molecule has 3 rings (SSSR count). The fourth-order valence-corrected chi connectivity index (χ4v) is 4.68. The van der Waals surface area contributed by atoms with Gasteiger partial charge in [-0.05, 0) is 49.9 Å². The molecule has 162 valence electrons. The van der Waals surface area contributed by atoms with Crippen LogP contribution in [0.25, 0.3) is 0 Å². The van der Waals surface area contributed by atoms with E-state index in [0.29, 0.717) is 18.3 Å². The van der Waals surface area contributed by atoms with Crippen molar-refractivity contribution in [1.29, 1.82) is 0 Å². The van der Waals surface area contributed by atoms with Gasteiger partial charge in [0, 0.05) is 6.20 Å². The van der Waals surface area contributed by atoms with Crippen molar-refractivity contribution in [2.45, 2.75) is 50.0 Å². The van der Waals surface area contributed by atoms with Crippen LogP contribution in [-0.2, 0) is 14.8 Å². The van der Waals surface area contributed by atoms with Gasteiger partial charge in [0.15, 0.2) is 11.6 Å². The van der Waals surface area contributed by atoms with Crippen molar-refractivity contribution in [1.82, 2.24) is 9.71 Å². The molecule has 1 fully saturated rings. The summed E-state index contributed by atoms with van der Waals surface area (Å²) in [6, 6.07) is 7.24. The van der Waals surface area contributed by atoms with E-state index in [9.17, 15) is 17.6 Å². The molecule has 30 heavy (non-hydrogen) atoms. The molecule has 1 aromatic carbocycles. The SMILES string of the molecule is C[C@H](NS(=O)(=O)c1ccccc1F)C(=O)Nc1ncccc1OCC1CCCCC1. The van der Waals surface area contributed by atoms with Crippen molar-refractivity contribution in [3.05, 3.63) is 48.4 Å². The molecule has 2 N–H and O–H groups in total. The van der Waals surface area contributed by atoms with Crippen LogP contribution in [0.2, 0.25) is 0 Å². The number of nitrogens with one attached hydrogen (secondary N) is 2. The summed E-state index contributed by atoms with van der Waals surface area (Å²) in [5.41, 5.74) is 0. The average molecular weight is 436 g/mol. The first-order valence-corrected chi connectivity index (χ1v) is 11.5. The molecular formula is C21H26FN3O4S. The van der Waals surface area contributed by atoms with Crippen LogP contribution in [0.4, 0.5) is 10.2 Å². The minimum absolute atomic E-state index is 0.218. The lowest BCUT2D eigenvalue weighted by atomic mass is 9.90. The molecule has 0 bridgehead atoms. The van der Waals surface area contributed by atoms with Crippen molar-refractivity contribution in [2.75, 3.05) is 11.9 Å². The number of rotatable bonds is 8. The Hall–Kier alpha value is -2.52. The monoisotopic (exact) mass is 435 g/mol. The van der Waals surface area contributed by atoms with Gasteiger partial charge in [0.2, 0.25) is 15.9 Å². The number of benzene rings is 1. The molecule has 1 aliphatic rings. The highest BCUT2D eigenvalue weighted by Crippen LogP contribution is 2.27. The third-order valence-electron chi connectivity index (χ3n) is 5.06. The normalized spacial score (nSPS) is 16.1. The van der Waals surface area contributed by atoms with Crippen LogP contribution in [-0.4, -0.2) is 32.0 Å². The van der Waals surface area contributed by atoms with Crippen molar-refractivity contribution < 1.29 is 22.3 Å². The summed E-state index contributed by atoms with van der Waals surface area (Å²) in [5, 5.41) is 2.59. The van der Waals surface area contributed by atoms with Crippen molar-refractivity contribution in [2.24, 2.45) is 5.92 Å². The van der Waals surface area contributed by atoms with Gasteiger partial charge in [0.25, 0.3) is 0 Å². The Labute approximate surface area is 176 Å². The van der Waals surface area contributed by atoms with Crippen molar-refractivity contribution in [3.63, 3.8) is 0 Å². The summed E-state index contributed by atoms with van der Waals surface area (Å²) in [6.07, 6.45) is 7.41. The van der Waals surface area contributed by atoms with Crippen LogP contribution in [0.3, 0.4) is 0 Å². The second kappa shape index (κ2) is 9.99. The third kappa shape index (κ3) is 5.76. The Bertz CT molecular complexity index is 978. The number of nitrogens with zero attached hydrogens (tertiary/aromatic N) is 1. The summed E-state index contributed by atoms with van der Waals surface area (Å²) in [6.45, 7) is 1.92. The molecule has 0 saturated heterocycles. The second-order valence-corrected chi connectivity index (χ2v) is 9.11. The number of anilines is 1. The fourth-order valence-electron chi connectivity index (χ4n) is 3.40. The van der Waals surface area contributed by atoms with Crippen molar-refractivity contribution >= 4 is 21.7 Å². The molecule has 0 aliphatic heterocycles. The molecule has 7 nitrogen and oxygen atoms in total. The number of pyridine rings is 1. The summed E-state index contributed by atoms with van der Waals surface area (Å²) in [5.74, 6) is -0.387. The van der Waals surface area contributed by atoms with E-state index in [4.69, 9.17) is 4.74 Å². The quantitative estimate of drug-likeness (QED) is 0.662. The Morgan fingerprint density at radius 1 is 1.20 bits per heavy atom. The van der Waals surface area contributed by atoms with Gasteiger partial charge in [0.05, 0.1) is 12.6 Å². The van der Waals surface area contributed by atoms with E-state index >= 15 is 0 Å². The van der Waals surface area contributed by atoms with Gasteiger partial charge in [-0.25, -0.2) is 17.8 Å². The van der Waals surface area contributed by atoms with Gasteiger partial charge in [0.1, 0.15) is 10.7 Å². The summed E-state index contributed by atoms with van der Waals surface area (Å²) < 4.78 is 46.7. The molecular weight excluding hydrogens is 409 g/mol. The Morgan fingerprint density at radius 2 is 1.93 bits per heavy atom. The maximum atomic E-state index is 13.8. The molecule has 1 aliphatic carbocycles. The topological polar surface area (TPSA) is 97.4 Å². The van der Waals surface area contributed by atoms with Gasteiger partial charge < -0.3 is 10.1 Å². The van der Waals surface area contributed by atoms with E-state index in [-0.39, 0.29) is 5.82 Å². The van der Waals surface area contributed by atoms with Crippen LogP contribution in [0.1, 0.15) is 39.0 Å². The van der Waals surface area contributed by atoms with Gasteiger partial charge >= 0.3 is 0 Å². The largest absolute Gasteiger partial charge is 0.489 e. The molecule has 9 heteroatoms. The van der Waals surface area contributed by atoms with Gasteiger partial charge in [-0.15, -0.1) is 0 Å². The summed E-state index contributed by atoms with van der Waals surface area (Å²) in [4.78, 5) is 16.2. The number of hydrogen-bond donors (Lipinski definition) is 2. The number of ether oxygens (including phenoxy) is 1. The average Bonchev–Trinajstić information content (AvgIpc) is 2.73. The zero-order chi connectivity index (χ0) is 21.6. The molecule has 0 radical (unpaired) electrons. The standard InChI is InChI=1S/C21H26FN3O4S/c1-15(25-30(27,28)19-12-6-5-10-17(19)22)21(26)24-20-18(11-7-13-23-20)29-14-16-8-3-2-4-9-16/h5-7,10-13,15-16,25H,2-4,8-9,14H2,1H3,(H,23,24,26)/t15-/m0/s1. The van der Waals surface area contributed by atoms with E-state index in [1.165, 1.54) is 44.5 Å². The van der Waals surface area contributed by atoms with Crippen LogP contribution in [0.5, 0.6) is 5.75 Å². The maximum Gasteiger partial charge on any atom is 0.244 e. The van der Waals surface area contributed by atoms with E-state index in [1.807, 2.05) is 0 Å². The minimum atomic E-state index is -4.20. The number of sulfonamides is 1. The lowest BCUT2D eigenvalue weighted by Gasteiger charge is -2.22. The van der Waals surface area contributed by atoms with Crippen LogP contribution in [0.15, 0.2) is 47.5 Å². The summed E-state index contributed by atoms with van der Waals surface area (Å²) >= 11 is 0. The first-order valence-electron chi connectivity index (χ1n) is 10.0. The van der Waals surface area contributed by atoms with Gasteiger partial charge in [-0.3, -0.25) is 4.79 Å². The zero-order valence-electron chi connectivity index (χ0n) is 16.8. The maximum absolute atomic E-state index is 13.8. The van der Waals surface area contributed by atoms with Gasteiger partial charge in [-0.1, -0.05) is 31.4 Å². The van der Waals surface area contributed by atoms with Crippen LogP contribution < -0.4 is 14.8 Å². The third-order valence-corrected chi connectivity index (χ3v) is 6.64. The highest BCUT2D eigenvalue weighted by molar-refractivity contribution is 7.89. The molecule has 1 saturated carbocycles. The van der Waals surface area contributed by atoms with Crippen molar-refractivity contribution in [3.8, 4) is 5.75 Å². The second-order valence-electron chi connectivity index (χ2n) is 7.43. The fraction of sp³-hybridized carbons (Fsp3) is 0.429. The zero-order valence-corrected chi connectivity index (χ0v) is 17.6. The Morgan fingerprint density at radius 3 is 2.67 bits per heavy atom. The number of hydrogen-bond acceptors (Lipinski definition) is 5. The smallest absolute Gasteiger partial charge is 0.244 e. The molecule has 1 aromatic heterocycles. The lowest BCUT2D eigenvalue weighted by molar-refractivity contribution is -0.117. The Balaban J connectivity index is 1.63. The summed E-state index contributed by atoms with van der Waals surface area (Å²) in [7, 11) is -4.20. The van der Waals surface area contributed by atoms with E-state index in [1.54, 1.807) is 12.1 Å². The number of carbonyl (C=O) groups excluding carboxylic acids is 1. The molecule has 2 aromatic rings. The highest BCUT2D eigenvalue weighted by Gasteiger charge is 2.25. The molecule has 1 atom stereocenters. The predicted molar refractivity (Wildman–Crippen MR) is 111 cm³/mol. The number of amides is 1. The van der Waals surface area contributed by atoms with Crippen LogP contribution >= 0.6 is 0 Å². The Kier molecular flexibility index (Phi) is 7.38. The van der Waals surface area contributed by atoms with Crippen LogP contribution in [0, 0.1) is 11.7 Å². The van der Waals surface area contributed by atoms with E-state index < -0.39 is 32.7 Å². The molecule has 0 unspecified atom stereocenters. The van der Waals surface area contributed by atoms with E-state index in [2.05, 4.69) is 15.0 Å². The number of carbonyl (C=O) groups is 1. The first kappa shape index (κ1) is 22.2. The number of halogens is 1. The highest BCUT2D eigenvalue weighted by atomic mass is 32.2. The molecule has 0 spiro atoms. The van der Waals surface area contributed by atoms with E-state index in [0.717, 1.165) is 25.0 Å². The van der Waals surface area contributed by atoms with Gasteiger partial charge in [-0.2, -0.15) is 4.72 Å². The molecule has 1 heterocycles. The molecule has 1 amide bonds. The lowest BCUT2D eigenvalue weighted by Crippen LogP contribution is -2.42. The first-order chi connectivity index (χ1) is 14.4. The predicted octanol–water partition coefficient (Wildman–Crippen LogP) is 3.49.